The van der Waals surface area contributed by atoms with E-state index in [-0.39, 0.29) is 30.6 Å². The first kappa shape index (κ1) is 22.7. The van der Waals surface area contributed by atoms with Crippen molar-refractivity contribution in [1.29, 1.82) is 0 Å². The van der Waals surface area contributed by atoms with Gasteiger partial charge < -0.3 is 24.1 Å². The number of amides is 2. The van der Waals surface area contributed by atoms with E-state index in [1.54, 1.807) is 48.2 Å². The molecule has 1 aromatic heterocycles. The van der Waals surface area contributed by atoms with Crippen molar-refractivity contribution < 1.29 is 33.1 Å². The van der Waals surface area contributed by atoms with E-state index in [1.807, 2.05) is 19.1 Å². The van der Waals surface area contributed by atoms with Crippen LogP contribution in [-0.2, 0) is 23.9 Å². The Morgan fingerprint density at radius 3 is 2.81 bits per heavy atom. The van der Waals surface area contributed by atoms with Crippen LogP contribution in [0.3, 0.4) is 0 Å². The third-order valence-corrected chi connectivity index (χ3v) is 7.90. The average Bonchev–Trinajstić information content (AvgIpc) is 3.64. The number of nitrogens with zero attached hydrogens (tertiary/aromatic N) is 1. The van der Waals surface area contributed by atoms with Crippen LogP contribution in [0.2, 0.25) is 0 Å². The highest BCUT2D eigenvalue weighted by Crippen LogP contribution is 2.60. The second kappa shape index (κ2) is 8.16. The topological polar surface area (TPSA) is 115 Å². The Hall–Kier alpha value is -3.72. The molecule has 1 spiro atoms. The molecule has 0 unspecified atom stereocenters. The fourth-order valence-corrected chi connectivity index (χ4v) is 6.43. The van der Waals surface area contributed by atoms with Crippen LogP contribution in [0.1, 0.15) is 42.4 Å². The number of nitrogens with one attached hydrogen (secondary N) is 1. The molecule has 1 N–H and O–H groups in total. The van der Waals surface area contributed by atoms with Crippen LogP contribution in [0.15, 0.2) is 59.2 Å². The zero-order valence-electron chi connectivity index (χ0n) is 19.9. The summed E-state index contributed by atoms with van der Waals surface area (Å²) in [5, 5.41) is 2.86. The summed E-state index contributed by atoms with van der Waals surface area (Å²) >= 11 is 0. The molecule has 3 fully saturated rings. The number of carbonyl (C=O) groups is 4. The number of esters is 1. The molecule has 6 rings (SSSR count). The lowest BCUT2D eigenvalue weighted by Crippen LogP contribution is -2.55. The summed E-state index contributed by atoms with van der Waals surface area (Å²) in [6.45, 7) is 3.78. The number of carbonyl (C=O) groups excluding carboxylic acids is 4. The lowest BCUT2D eigenvalue weighted by molar-refractivity contribution is -0.147. The van der Waals surface area contributed by atoms with Gasteiger partial charge >= 0.3 is 5.97 Å². The molecule has 5 heterocycles. The molecule has 9 nitrogen and oxygen atoms in total. The van der Waals surface area contributed by atoms with E-state index >= 15 is 0 Å². The van der Waals surface area contributed by atoms with Gasteiger partial charge in [0, 0.05) is 18.0 Å². The molecule has 3 saturated heterocycles. The van der Waals surface area contributed by atoms with Gasteiger partial charge in [0.05, 0.1) is 48.5 Å². The van der Waals surface area contributed by atoms with Gasteiger partial charge in [0.1, 0.15) is 17.1 Å². The Morgan fingerprint density at radius 1 is 1.22 bits per heavy atom. The maximum absolute atomic E-state index is 14.0. The Morgan fingerprint density at radius 2 is 2.06 bits per heavy atom. The van der Waals surface area contributed by atoms with Gasteiger partial charge in [-0.1, -0.05) is 25.1 Å². The number of ketones is 1. The zero-order valence-corrected chi connectivity index (χ0v) is 19.9. The molecule has 0 radical (unpaired) electrons. The van der Waals surface area contributed by atoms with Crippen molar-refractivity contribution in [3.05, 3.63) is 66.1 Å². The summed E-state index contributed by atoms with van der Waals surface area (Å²) in [4.78, 5) is 54.4. The van der Waals surface area contributed by atoms with Crippen LogP contribution < -0.4 is 5.32 Å². The molecule has 2 bridgehead atoms. The highest BCUT2D eigenvalue weighted by Gasteiger charge is 2.74. The van der Waals surface area contributed by atoms with Crippen molar-refractivity contribution in [2.75, 3.05) is 11.9 Å². The molecule has 36 heavy (non-hydrogen) atoms. The Kier molecular flexibility index (Phi) is 5.15. The molecule has 0 aliphatic carbocycles. The van der Waals surface area contributed by atoms with Crippen molar-refractivity contribution in [2.24, 2.45) is 17.8 Å². The molecule has 4 aliphatic rings. The monoisotopic (exact) mass is 490 g/mol. The van der Waals surface area contributed by atoms with Crippen LogP contribution in [-0.4, -0.2) is 52.8 Å². The largest absolute Gasteiger partial charge is 0.467 e. The minimum atomic E-state index is -1.06. The SMILES string of the molecule is CCOC(=O)c1cccc(NC(=O)[C@H]2[C@H]3C=C[C@]4(O3)[C@H]2C(=O)N2[C@H](c3ccco3)CC(=O)[C@H](C)[C@@H]24)c1. The number of hydrogen-bond donors (Lipinski definition) is 1. The van der Waals surface area contributed by atoms with Gasteiger partial charge in [0.15, 0.2) is 0 Å². The van der Waals surface area contributed by atoms with Crippen LogP contribution in [0.25, 0.3) is 0 Å². The molecule has 0 saturated carbocycles. The van der Waals surface area contributed by atoms with Crippen LogP contribution in [0.5, 0.6) is 0 Å². The lowest BCUT2D eigenvalue weighted by atomic mass is 9.70. The van der Waals surface area contributed by atoms with Gasteiger partial charge in [-0.05, 0) is 37.3 Å². The molecular formula is C27H26N2O7. The number of piperidine rings is 1. The minimum absolute atomic E-state index is 0.0320. The average molecular weight is 491 g/mol. The summed E-state index contributed by atoms with van der Waals surface area (Å²) in [7, 11) is 0. The van der Waals surface area contributed by atoms with Gasteiger partial charge in [-0.15, -0.1) is 0 Å². The number of ether oxygens (including phenoxy) is 2. The third kappa shape index (κ3) is 3.12. The van der Waals surface area contributed by atoms with E-state index in [2.05, 4.69) is 5.32 Å². The van der Waals surface area contributed by atoms with Gasteiger partial charge in [-0.3, -0.25) is 14.4 Å². The van der Waals surface area contributed by atoms with E-state index in [4.69, 9.17) is 13.9 Å². The summed E-state index contributed by atoms with van der Waals surface area (Å²) in [6.07, 6.45) is 4.78. The second-order valence-electron chi connectivity index (χ2n) is 9.77. The summed E-state index contributed by atoms with van der Waals surface area (Å²) < 4.78 is 17.0. The van der Waals surface area contributed by atoms with Crippen LogP contribution in [0.4, 0.5) is 5.69 Å². The zero-order chi connectivity index (χ0) is 25.2. The smallest absolute Gasteiger partial charge is 0.338 e. The quantitative estimate of drug-likeness (QED) is 0.506. The summed E-state index contributed by atoms with van der Waals surface area (Å²) in [5.41, 5.74) is -0.318. The van der Waals surface area contributed by atoms with Gasteiger partial charge in [-0.2, -0.15) is 0 Å². The van der Waals surface area contributed by atoms with E-state index in [0.717, 1.165) is 0 Å². The number of Topliss-reactive ketones (excluding diaryl/α,β-unsaturated/α-hetero) is 1. The first-order chi connectivity index (χ1) is 17.4. The standard InChI is InChI=1S/C27H26N2O7/c1-3-34-26(33)15-6-4-7-16(12-15)28-24(31)21-20-9-10-27(36-20)22(21)25(32)29-17(19-8-5-11-35-19)13-18(30)14(2)23(27)29/h4-12,14,17,20-23H,3,13H2,1-2H3,(H,28,31)/t14-,17-,20+,21-,22+,23+,27-/m0/s1. The number of benzene rings is 1. The Bertz CT molecular complexity index is 1280. The lowest BCUT2D eigenvalue weighted by Gasteiger charge is -2.43. The molecule has 186 valence electrons. The van der Waals surface area contributed by atoms with Crippen LogP contribution >= 0.6 is 0 Å². The second-order valence-corrected chi connectivity index (χ2v) is 9.77. The van der Waals surface area contributed by atoms with Crippen molar-refractivity contribution >= 4 is 29.3 Å². The normalized spacial score (nSPS) is 34.0. The fourth-order valence-electron chi connectivity index (χ4n) is 6.43. The number of fused-ring (bicyclic) bond motifs is 2. The van der Waals surface area contributed by atoms with Crippen molar-refractivity contribution in [2.45, 2.75) is 44.1 Å². The minimum Gasteiger partial charge on any atom is -0.467 e. The van der Waals surface area contributed by atoms with E-state index in [1.165, 1.54) is 6.26 Å². The van der Waals surface area contributed by atoms with E-state index < -0.39 is 47.5 Å². The summed E-state index contributed by atoms with van der Waals surface area (Å²) in [5.74, 6) is -2.49. The van der Waals surface area contributed by atoms with Crippen molar-refractivity contribution in [3.8, 4) is 0 Å². The van der Waals surface area contributed by atoms with Gasteiger partial charge in [-0.25, -0.2) is 4.79 Å². The Balaban J connectivity index is 1.32. The van der Waals surface area contributed by atoms with E-state index in [9.17, 15) is 19.2 Å². The Labute approximate surface area is 207 Å². The maximum Gasteiger partial charge on any atom is 0.338 e. The number of rotatable bonds is 5. The molecule has 4 aliphatic heterocycles. The van der Waals surface area contributed by atoms with Crippen LogP contribution in [0, 0.1) is 17.8 Å². The molecular weight excluding hydrogens is 464 g/mol. The van der Waals surface area contributed by atoms with Crippen molar-refractivity contribution in [3.63, 3.8) is 0 Å². The molecule has 9 heteroatoms. The van der Waals surface area contributed by atoms with Gasteiger partial charge in [0.25, 0.3) is 0 Å². The number of furan rings is 1. The fraction of sp³-hybridized carbons (Fsp3) is 0.407. The van der Waals surface area contributed by atoms with E-state index in [0.29, 0.717) is 17.0 Å². The highest BCUT2D eigenvalue weighted by atomic mass is 16.5. The number of anilines is 1. The predicted octanol–water partition coefficient (Wildman–Crippen LogP) is 2.90. The molecule has 1 aromatic carbocycles. The van der Waals surface area contributed by atoms with Crippen molar-refractivity contribution in [1.82, 2.24) is 4.90 Å². The highest BCUT2D eigenvalue weighted by molar-refractivity contribution is 6.01. The summed E-state index contributed by atoms with van der Waals surface area (Å²) in [6, 6.07) is 8.91. The first-order valence-corrected chi connectivity index (χ1v) is 12.2. The predicted molar refractivity (Wildman–Crippen MR) is 126 cm³/mol. The molecule has 2 amide bonds. The van der Waals surface area contributed by atoms with Gasteiger partial charge in [0.2, 0.25) is 11.8 Å². The molecule has 7 atom stereocenters. The number of hydrogen-bond acceptors (Lipinski definition) is 7. The maximum atomic E-state index is 14.0. The first-order valence-electron chi connectivity index (χ1n) is 12.2. The third-order valence-electron chi connectivity index (χ3n) is 7.90. The molecule has 2 aromatic rings.